The lowest BCUT2D eigenvalue weighted by Gasteiger charge is -2.42. The molecule has 1 fully saturated rings. The minimum atomic E-state index is -1.38. The van der Waals surface area contributed by atoms with Gasteiger partial charge in [0, 0.05) is 19.5 Å². The van der Waals surface area contributed by atoms with Gasteiger partial charge in [-0.25, -0.2) is 0 Å². The second-order valence-corrected chi connectivity index (χ2v) is 5.76. The van der Waals surface area contributed by atoms with Crippen LogP contribution in [-0.2, 0) is 14.3 Å². The van der Waals surface area contributed by atoms with Crippen LogP contribution in [0.1, 0.15) is 13.8 Å². The lowest BCUT2D eigenvalue weighted by atomic mass is 9.97. The van der Waals surface area contributed by atoms with Gasteiger partial charge in [0.1, 0.15) is 30.1 Å². The van der Waals surface area contributed by atoms with Crippen LogP contribution in [-0.4, -0.2) is 64.4 Å². The van der Waals surface area contributed by atoms with E-state index in [1.807, 2.05) is 0 Å². The van der Waals surface area contributed by atoms with Gasteiger partial charge in [-0.3, -0.25) is 9.59 Å². The van der Waals surface area contributed by atoms with Crippen LogP contribution < -0.4 is 15.4 Å². The molecule has 5 atom stereocenters. The zero-order valence-corrected chi connectivity index (χ0v) is 13.9. The Morgan fingerprint density at radius 2 is 1.76 bits per heavy atom. The molecule has 5 N–H and O–H groups in total. The fourth-order valence-electron chi connectivity index (χ4n) is 2.53. The number of carbonyl (C=O) groups excluding carboxylic acids is 2. The molecule has 9 heteroatoms. The Balaban J connectivity index is 2.15. The molecule has 0 bridgehead atoms. The first-order chi connectivity index (χ1) is 11.8. The Morgan fingerprint density at radius 3 is 2.28 bits per heavy atom. The van der Waals surface area contributed by atoms with Crippen molar-refractivity contribution >= 4 is 17.5 Å². The van der Waals surface area contributed by atoms with Crippen LogP contribution in [0, 0.1) is 0 Å². The summed E-state index contributed by atoms with van der Waals surface area (Å²) in [4.78, 5) is 22.4. The van der Waals surface area contributed by atoms with E-state index in [4.69, 9.17) is 9.47 Å². The zero-order valence-electron chi connectivity index (χ0n) is 13.9. The Labute approximate surface area is 144 Å². The number of amides is 2. The third-order valence-corrected chi connectivity index (χ3v) is 3.68. The summed E-state index contributed by atoms with van der Waals surface area (Å²) in [6.45, 7) is 2.13. The Morgan fingerprint density at radius 1 is 1.12 bits per heavy atom. The van der Waals surface area contributed by atoms with Crippen LogP contribution in [0.25, 0.3) is 0 Å². The largest absolute Gasteiger partial charge is 0.463 e. The lowest BCUT2D eigenvalue weighted by Crippen LogP contribution is -2.65. The standard InChI is InChI=1S/C16H22N2O7/c1-8(20)17-10-3-5-11(6-4-10)24-16-13(18-9(2)21)15(23)14(22)12(7-19)25-16/h3-6,12-16,19,22-23H,7H2,1-2H3,(H,17,20)(H,18,21)/t12-,13+,14+,15+,16-/m1/s1. The molecule has 1 aliphatic rings. The van der Waals surface area contributed by atoms with Crippen molar-refractivity contribution in [3.05, 3.63) is 24.3 Å². The average molecular weight is 354 g/mol. The molecule has 0 unspecified atom stereocenters. The third kappa shape index (κ3) is 4.89. The Bertz CT molecular complexity index is 607. The molecule has 1 aromatic rings. The minimum Gasteiger partial charge on any atom is -0.463 e. The van der Waals surface area contributed by atoms with E-state index in [9.17, 15) is 24.9 Å². The average Bonchev–Trinajstić information content (AvgIpc) is 2.55. The predicted octanol–water partition coefficient (Wildman–Crippen LogP) is -1.03. The van der Waals surface area contributed by atoms with Crippen molar-refractivity contribution in [2.24, 2.45) is 0 Å². The summed E-state index contributed by atoms with van der Waals surface area (Å²) in [5.74, 6) is -0.287. The molecule has 1 aliphatic heterocycles. The van der Waals surface area contributed by atoms with Crippen molar-refractivity contribution in [1.29, 1.82) is 0 Å². The van der Waals surface area contributed by atoms with Crippen LogP contribution in [0.5, 0.6) is 5.75 Å². The highest BCUT2D eigenvalue weighted by Gasteiger charge is 2.46. The number of nitrogens with one attached hydrogen (secondary N) is 2. The van der Waals surface area contributed by atoms with E-state index >= 15 is 0 Å². The van der Waals surface area contributed by atoms with Gasteiger partial charge in [0.2, 0.25) is 18.1 Å². The number of carbonyl (C=O) groups is 2. The van der Waals surface area contributed by atoms with Crippen LogP contribution in [0.15, 0.2) is 24.3 Å². The number of ether oxygens (including phenoxy) is 2. The molecule has 9 nitrogen and oxygen atoms in total. The summed E-state index contributed by atoms with van der Waals surface area (Å²) in [6, 6.07) is 5.35. The fraction of sp³-hybridized carbons (Fsp3) is 0.500. The van der Waals surface area contributed by atoms with E-state index < -0.39 is 43.2 Å². The minimum absolute atomic E-state index is 0.210. The molecular formula is C16H22N2O7. The van der Waals surface area contributed by atoms with Gasteiger partial charge < -0.3 is 35.4 Å². The van der Waals surface area contributed by atoms with E-state index in [1.165, 1.54) is 13.8 Å². The first-order valence-corrected chi connectivity index (χ1v) is 7.75. The molecule has 0 aliphatic carbocycles. The maximum absolute atomic E-state index is 11.4. The zero-order chi connectivity index (χ0) is 18.6. The number of aliphatic hydroxyl groups is 3. The summed E-state index contributed by atoms with van der Waals surface area (Å²) in [6.07, 6.45) is -4.92. The topological polar surface area (TPSA) is 137 Å². The summed E-state index contributed by atoms with van der Waals surface area (Å²) < 4.78 is 11.1. The van der Waals surface area contributed by atoms with E-state index in [0.717, 1.165) is 0 Å². The SMILES string of the molecule is CC(=O)Nc1ccc(O[C@@H]2O[C@H](CO)[C@H](O)[C@@H](O)[C@@H]2NC(C)=O)cc1. The molecule has 2 amide bonds. The maximum Gasteiger partial charge on any atom is 0.223 e. The van der Waals surface area contributed by atoms with E-state index in [1.54, 1.807) is 24.3 Å². The summed E-state index contributed by atoms with van der Waals surface area (Å²) in [5.41, 5.74) is 0.575. The molecule has 138 valence electrons. The lowest BCUT2D eigenvalue weighted by molar-refractivity contribution is -0.244. The molecular weight excluding hydrogens is 332 g/mol. The number of hydrogen-bond donors (Lipinski definition) is 5. The van der Waals surface area contributed by atoms with Crippen molar-refractivity contribution < 1.29 is 34.4 Å². The van der Waals surface area contributed by atoms with Gasteiger partial charge >= 0.3 is 0 Å². The second kappa shape index (κ2) is 8.26. The quantitative estimate of drug-likeness (QED) is 0.456. The van der Waals surface area contributed by atoms with Gasteiger partial charge in [0.05, 0.1) is 6.61 Å². The van der Waals surface area contributed by atoms with Crippen molar-refractivity contribution in [2.75, 3.05) is 11.9 Å². The number of aliphatic hydroxyl groups excluding tert-OH is 3. The normalized spacial score (nSPS) is 28.9. The number of benzene rings is 1. The van der Waals surface area contributed by atoms with Gasteiger partial charge in [-0.1, -0.05) is 0 Å². The number of anilines is 1. The third-order valence-electron chi connectivity index (χ3n) is 3.68. The molecule has 0 saturated carbocycles. The monoisotopic (exact) mass is 354 g/mol. The van der Waals surface area contributed by atoms with Crippen LogP contribution in [0.3, 0.4) is 0 Å². The van der Waals surface area contributed by atoms with E-state index in [-0.39, 0.29) is 5.91 Å². The Hall–Kier alpha value is -2.20. The molecule has 1 aromatic carbocycles. The molecule has 0 spiro atoms. The van der Waals surface area contributed by atoms with Crippen molar-refractivity contribution in [2.45, 2.75) is 44.5 Å². The van der Waals surface area contributed by atoms with Gasteiger partial charge in [-0.05, 0) is 24.3 Å². The highest BCUT2D eigenvalue weighted by Crippen LogP contribution is 2.25. The molecule has 1 heterocycles. The smallest absolute Gasteiger partial charge is 0.223 e. The summed E-state index contributed by atoms with van der Waals surface area (Å²) >= 11 is 0. The molecule has 2 rings (SSSR count). The van der Waals surface area contributed by atoms with Gasteiger partial charge in [-0.2, -0.15) is 0 Å². The highest BCUT2D eigenvalue weighted by molar-refractivity contribution is 5.88. The van der Waals surface area contributed by atoms with E-state index in [2.05, 4.69) is 10.6 Å². The summed E-state index contributed by atoms with van der Waals surface area (Å²) in [7, 11) is 0. The van der Waals surface area contributed by atoms with Gasteiger partial charge in [-0.15, -0.1) is 0 Å². The van der Waals surface area contributed by atoms with Gasteiger partial charge in [0.15, 0.2) is 0 Å². The summed E-state index contributed by atoms with van der Waals surface area (Å²) in [5, 5.41) is 34.5. The predicted molar refractivity (Wildman–Crippen MR) is 86.7 cm³/mol. The molecule has 25 heavy (non-hydrogen) atoms. The highest BCUT2D eigenvalue weighted by atomic mass is 16.7. The van der Waals surface area contributed by atoms with Crippen LogP contribution >= 0.6 is 0 Å². The van der Waals surface area contributed by atoms with E-state index in [0.29, 0.717) is 11.4 Å². The maximum atomic E-state index is 11.4. The molecule has 0 radical (unpaired) electrons. The first kappa shape index (κ1) is 19.1. The van der Waals surface area contributed by atoms with Gasteiger partial charge in [0.25, 0.3) is 0 Å². The fourth-order valence-corrected chi connectivity index (χ4v) is 2.53. The first-order valence-electron chi connectivity index (χ1n) is 7.75. The number of hydrogen-bond acceptors (Lipinski definition) is 7. The molecule has 0 aromatic heterocycles. The van der Waals surface area contributed by atoms with Crippen molar-refractivity contribution in [3.63, 3.8) is 0 Å². The molecule has 1 saturated heterocycles. The van der Waals surface area contributed by atoms with Crippen molar-refractivity contribution in [1.82, 2.24) is 5.32 Å². The van der Waals surface area contributed by atoms with Crippen LogP contribution in [0.4, 0.5) is 5.69 Å². The Kier molecular flexibility index (Phi) is 6.32. The van der Waals surface area contributed by atoms with Crippen molar-refractivity contribution in [3.8, 4) is 5.75 Å². The number of rotatable bonds is 5. The second-order valence-electron chi connectivity index (χ2n) is 5.76. The van der Waals surface area contributed by atoms with Crippen LogP contribution in [0.2, 0.25) is 0 Å².